The molecule has 1 N–H and O–H groups in total. The Balaban J connectivity index is 2.34. The van der Waals surface area contributed by atoms with Crippen molar-refractivity contribution in [1.82, 2.24) is 15.1 Å². The Hall–Kier alpha value is -1.52. The predicted molar refractivity (Wildman–Crippen MR) is 77.0 cm³/mol. The summed E-state index contributed by atoms with van der Waals surface area (Å²) in [5.74, 6) is 1.52. The van der Waals surface area contributed by atoms with E-state index in [0.717, 1.165) is 40.0 Å². The largest absolute Gasteiger partial charge is 0.439 e. The van der Waals surface area contributed by atoms with E-state index in [1.54, 1.807) is 4.68 Å². The molecule has 0 aliphatic carbocycles. The summed E-state index contributed by atoms with van der Waals surface area (Å²) in [5.41, 5.74) is 3.03. The van der Waals surface area contributed by atoms with Crippen molar-refractivity contribution in [2.24, 2.45) is 7.05 Å². The molecule has 1 aromatic carbocycles. The molecule has 2 rings (SSSR count). The Bertz CT molecular complexity index is 593. The summed E-state index contributed by atoms with van der Waals surface area (Å²) in [6.07, 6.45) is 0. The summed E-state index contributed by atoms with van der Waals surface area (Å²) in [4.78, 5) is 0. The second kappa shape index (κ2) is 5.63. The number of rotatable bonds is 4. The predicted octanol–water partition coefficient (Wildman–Crippen LogP) is 3.20. The van der Waals surface area contributed by atoms with Gasteiger partial charge in [0.25, 0.3) is 0 Å². The van der Waals surface area contributed by atoms with Gasteiger partial charge in [0.15, 0.2) is 0 Å². The third-order valence-electron chi connectivity index (χ3n) is 2.99. The maximum Gasteiger partial charge on any atom is 0.222 e. The van der Waals surface area contributed by atoms with Crippen LogP contribution in [0.3, 0.4) is 0 Å². The molecule has 0 atom stereocenters. The van der Waals surface area contributed by atoms with Gasteiger partial charge in [-0.05, 0) is 44.7 Å². The third kappa shape index (κ3) is 2.91. The van der Waals surface area contributed by atoms with Gasteiger partial charge in [0.2, 0.25) is 5.88 Å². The Morgan fingerprint density at radius 2 is 2.11 bits per heavy atom. The molecule has 19 heavy (non-hydrogen) atoms. The molecule has 0 spiro atoms. The van der Waals surface area contributed by atoms with Gasteiger partial charge < -0.3 is 10.1 Å². The van der Waals surface area contributed by atoms with Gasteiger partial charge in [-0.15, -0.1) is 0 Å². The van der Waals surface area contributed by atoms with E-state index in [0.29, 0.717) is 0 Å². The Morgan fingerprint density at radius 3 is 2.74 bits per heavy atom. The Labute approximate surface area is 118 Å². The highest BCUT2D eigenvalue weighted by molar-refractivity contribution is 6.31. The molecule has 2 aromatic rings. The fourth-order valence-electron chi connectivity index (χ4n) is 1.98. The topological polar surface area (TPSA) is 39.1 Å². The number of nitrogens with zero attached hydrogens (tertiary/aromatic N) is 2. The second-order valence-electron chi connectivity index (χ2n) is 4.54. The number of aryl methyl sites for hydroxylation is 3. The smallest absolute Gasteiger partial charge is 0.222 e. The van der Waals surface area contributed by atoms with Crippen LogP contribution in [0.4, 0.5) is 0 Å². The highest BCUT2D eigenvalue weighted by Gasteiger charge is 2.15. The number of hydrogen-bond donors (Lipinski definition) is 1. The van der Waals surface area contributed by atoms with E-state index in [1.807, 2.05) is 46.1 Å². The van der Waals surface area contributed by atoms with Crippen LogP contribution in [0.5, 0.6) is 11.6 Å². The van der Waals surface area contributed by atoms with Gasteiger partial charge in [-0.3, -0.25) is 0 Å². The number of ether oxygens (including phenoxy) is 1. The molecule has 0 unspecified atom stereocenters. The molecule has 0 aliphatic rings. The maximum absolute atomic E-state index is 6.02. The summed E-state index contributed by atoms with van der Waals surface area (Å²) in [7, 11) is 3.78. The lowest BCUT2D eigenvalue weighted by molar-refractivity contribution is 0.424. The number of aromatic nitrogens is 2. The molecular weight excluding hydrogens is 262 g/mol. The van der Waals surface area contributed by atoms with Crippen molar-refractivity contribution in [2.45, 2.75) is 20.4 Å². The molecule has 102 valence electrons. The molecule has 1 aromatic heterocycles. The zero-order valence-electron chi connectivity index (χ0n) is 11.6. The van der Waals surface area contributed by atoms with E-state index in [9.17, 15) is 0 Å². The van der Waals surface area contributed by atoms with E-state index in [4.69, 9.17) is 16.3 Å². The minimum absolute atomic E-state index is 0.724. The summed E-state index contributed by atoms with van der Waals surface area (Å²) in [5, 5.41) is 8.26. The van der Waals surface area contributed by atoms with E-state index >= 15 is 0 Å². The van der Waals surface area contributed by atoms with Crippen molar-refractivity contribution >= 4 is 11.6 Å². The first-order valence-corrected chi connectivity index (χ1v) is 6.51. The zero-order chi connectivity index (χ0) is 14.0. The number of halogens is 1. The Morgan fingerprint density at radius 1 is 1.37 bits per heavy atom. The highest BCUT2D eigenvalue weighted by atomic mass is 35.5. The molecule has 5 heteroatoms. The standard InChI is InChI=1S/C14H18ClN3O/c1-9-7-11(5-6-13(9)15)19-14-12(8-16-3)10(2)17-18(14)4/h5-7,16H,8H2,1-4H3. The van der Waals surface area contributed by atoms with Gasteiger partial charge in [0.05, 0.1) is 11.3 Å². The molecule has 0 amide bonds. The molecule has 0 fully saturated rings. The summed E-state index contributed by atoms with van der Waals surface area (Å²) in [6.45, 7) is 4.66. The van der Waals surface area contributed by atoms with Gasteiger partial charge in [-0.2, -0.15) is 5.10 Å². The fraction of sp³-hybridized carbons (Fsp3) is 0.357. The van der Waals surface area contributed by atoms with Gasteiger partial charge in [0, 0.05) is 18.6 Å². The van der Waals surface area contributed by atoms with Crippen LogP contribution in [0.2, 0.25) is 5.02 Å². The molecule has 4 nitrogen and oxygen atoms in total. The van der Waals surface area contributed by atoms with Crippen LogP contribution in [0, 0.1) is 13.8 Å². The van der Waals surface area contributed by atoms with Gasteiger partial charge in [-0.25, -0.2) is 4.68 Å². The lowest BCUT2D eigenvalue weighted by Crippen LogP contribution is -2.07. The van der Waals surface area contributed by atoms with E-state index < -0.39 is 0 Å². The zero-order valence-corrected chi connectivity index (χ0v) is 12.4. The first-order valence-electron chi connectivity index (χ1n) is 6.14. The first-order chi connectivity index (χ1) is 9.02. The summed E-state index contributed by atoms with van der Waals surface area (Å²) < 4.78 is 7.71. The van der Waals surface area contributed by atoms with Crippen molar-refractivity contribution < 1.29 is 4.74 Å². The van der Waals surface area contributed by atoms with Gasteiger partial charge in [-0.1, -0.05) is 11.6 Å². The van der Waals surface area contributed by atoms with Crippen molar-refractivity contribution in [2.75, 3.05) is 7.05 Å². The van der Waals surface area contributed by atoms with Gasteiger partial charge >= 0.3 is 0 Å². The first kappa shape index (κ1) is 13.9. The second-order valence-corrected chi connectivity index (χ2v) is 4.94. The quantitative estimate of drug-likeness (QED) is 0.934. The molecule has 0 saturated heterocycles. The monoisotopic (exact) mass is 279 g/mol. The van der Waals surface area contributed by atoms with Crippen LogP contribution >= 0.6 is 11.6 Å². The average molecular weight is 280 g/mol. The number of hydrogen-bond acceptors (Lipinski definition) is 3. The normalized spacial score (nSPS) is 10.8. The SMILES string of the molecule is CNCc1c(C)nn(C)c1Oc1ccc(Cl)c(C)c1. The maximum atomic E-state index is 6.02. The third-order valence-corrected chi connectivity index (χ3v) is 3.41. The minimum Gasteiger partial charge on any atom is -0.439 e. The minimum atomic E-state index is 0.724. The molecular formula is C14H18ClN3O. The van der Waals surface area contributed by atoms with Crippen LogP contribution in [-0.4, -0.2) is 16.8 Å². The highest BCUT2D eigenvalue weighted by Crippen LogP contribution is 2.29. The van der Waals surface area contributed by atoms with Crippen LogP contribution in [0.15, 0.2) is 18.2 Å². The van der Waals surface area contributed by atoms with Crippen molar-refractivity contribution in [3.05, 3.63) is 40.0 Å². The lowest BCUT2D eigenvalue weighted by atomic mass is 10.2. The number of benzene rings is 1. The lowest BCUT2D eigenvalue weighted by Gasteiger charge is -2.09. The molecule has 1 heterocycles. The number of nitrogens with one attached hydrogen (secondary N) is 1. The molecule has 0 radical (unpaired) electrons. The van der Waals surface area contributed by atoms with Crippen LogP contribution < -0.4 is 10.1 Å². The van der Waals surface area contributed by atoms with E-state index in [1.165, 1.54) is 0 Å². The van der Waals surface area contributed by atoms with E-state index in [-0.39, 0.29) is 0 Å². The summed E-state index contributed by atoms with van der Waals surface area (Å²) >= 11 is 6.02. The average Bonchev–Trinajstić information content (AvgIpc) is 2.61. The summed E-state index contributed by atoms with van der Waals surface area (Å²) in [6, 6.07) is 5.63. The van der Waals surface area contributed by atoms with Crippen LogP contribution in [0.1, 0.15) is 16.8 Å². The van der Waals surface area contributed by atoms with E-state index in [2.05, 4.69) is 10.4 Å². The Kier molecular flexibility index (Phi) is 4.12. The van der Waals surface area contributed by atoms with Gasteiger partial charge in [0.1, 0.15) is 5.75 Å². The van der Waals surface area contributed by atoms with Crippen molar-refractivity contribution in [3.8, 4) is 11.6 Å². The fourth-order valence-corrected chi connectivity index (χ4v) is 2.10. The molecule has 0 aliphatic heterocycles. The van der Waals surface area contributed by atoms with Crippen LogP contribution in [-0.2, 0) is 13.6 Å². The van der Waals surface area contributed by atoms with Crippen LogP contribution in [0.25, 0.3) is 0 Å². The molecule has 0 saturated carbocycles. The van der Waals surface area contributed by atoms with Crippen molar-refractivity contribution in [1.29, 1.82) is 0 Å². The van der Waals surface area contributed by atoms with Crippen molar-refractivity contribution in [3.63, 3.8) is 0 Å². The molecule has 0 bridgehead atoms.